The average Bonchev–Trinajstić information content (AvgIpc) is 2.77. The summed E-state index contributed by atoms with van der Waals surface area (Å²) < 4.78 is 15.7. The Morgan fingerprint density at radius 2 is 1.70 bits per heavy atom. The summed E-state index contributed by atoms with van der Waals surface area (Å²) in [7, 11) is 3.14. The van der Waals surface area contributed by atoms with Crippen molar-refractivity contribution in [1.29, 1.82) is 0 Å². The Bertz CT molecular complexity index is 1040. The highest BCUT2D eigenvalue weighted by Gasteiger charge is 2.16. The number of nitrogens with one attached hydrogen (secondary N) is 2. The van der Waals surface area contributed by atoms with E-state index in [0.29, 0.717) is 40.1 Å². The number of nitrogens with two attached hydrogens (primary N) is 1. The zero-order chi connectivity index (χ0) is 21.5. The molecule has 0 aliphatic heterocycles. The van der Waals surface area contributed by atoms with E-state index in [4.69, 9.17) is 19.9 Å². The Balaban J connectivity index is 1.91. The van der Waals surface area contributed by atoms with E-state index in [2.05, 4.69) is 20.6 Å². The summed E-state index contributed by atoms with van der Waals surface area (Å²) in [6.45, 7) is 2.03. The van der Waals surface area contributed by atoms with Crippen molar-refractivity contribution in [3.05, 3.63) is 54.4 Å². The minimum atomic E-state index is -0.437. The van der Waals surface area contributed by atoms with Crippen molar-refractivity contribution >= 4 is 34.7 Å². The van der Waals surface area contributed by atoms with Crippen LogP contribution in [0.15, 0.2) is 48.8 Å². The van der Waals surface area contributed by atoms with E-state index in [1.165, 1.54) is 6.33 Å². The van der Waals surface area contributed by atoms with Crippen LogP contribution < -0.4 is 25.8 Å². The van der Waals surface area contributed by atoms with E-state index in [-0.39, 0.29) is 12.3 Å². The van der Waals surface area contributed by atoms with Crippen LogP contribution in [0.4, 0.5) is 28.7 Å². The Kier molecular flexibility index (Phi) is 6.53. The lowest BCUT2D eigenvalue weighted by Crippen LogP contribution is -2.10. The van der Waals surface area contributed by atoms with Crippen molar-refractivity contribution in [2.24, 2.45) is 0 Å². The molecule has 0 unspecified atom stereocenters. The molecule has 1 heterocycles. The Morgan fingerprint density at radius 1 is 1.00 bits per heavy atom. The number of nitrogens with zero attached hydrogens (tertiary/aromatic N) is 2. The number of hydrogen-bond donors (Lipinski definition) is 3. The molecular weight excluding hydrogens is 386 g/mol. The van der Waals surface area contributed by atoms with Gasteiger partial charge in [0.1, 0.15) is 23.5 Å². The number of aromatic nitrogens is 2. The predicted octanol–water partition coefficient (Wildman–Crippen LogP) is 3.74. The predicted molar refractivity (Wildman–Crippen MR) is 115 cm³/mol. The second-order valence-corrected chi connectivity index (χ2v) is 6.07. The lowest BCUT2D eigenvalue weighted by molar-refractivity contribution is 0.0527. The second kappa shape index (κ2) is 9.46. The Labute approximate surface area is 174 Å². The van der Waals surface area contributed by atoms with Gasteiger partial charge < -0.3 is 30.6 Å². The first-order chi connectivity index (χ1) is 14.6. The van der Waals surface area contributed by atoms with Crippen molar-refractivity contribution in [3.63, 3.8) is 0 Å². The van der Waals surface area contributed by atoms with Crippen molar-refractivity contribution < 1.29 is 19.0 Å². The van der Waals surface area contributed by atoms with E-state index in [1.54, 1.807) is 63.6 Å². The van der Waals surface area contributed by atoms with E-state index in [0.717, 1.165) is 0 Å². The lowest BCUT2D eigenvalue weighted by atomic mass is 10.2. The number of carbonyl (C=O) groups is 1. The number of hydrogen-bond acceptors (Lipinski definition) is 9. The summed E-state index contributed by atoms with van der Waals surface area (Å²) in [6, 6.07) is 12.3. The van der Waals surface area contributed by atoms with E-state index in [1.807, 2.05) is 0 Å². The molecule has 0 saturated carbocycles. The van der Waals surface area contributed by atoms with Crippen LogP contribution in [0.1, 0.15) is 17.3 Å². The van der Waals surface area contributed by atoms with Gasteiger partial charge in [0.05, 0.1) is 37.8 Å². The SMILES string of the molecule is CCOC(=O)c1ccccc1Nc1ncnc(Nc2cc(OC)ccc2OC)c1N. The Hall–Kier alpha value is -4.01. The van der Waals surface area contributed by atoms with Gasteiger partial charge in [0, 0.05) is 6.07 Å². The van der Waals surface area contributed by atoms with Crippen molar-refractivity contribution in [2.75, 3.05) is 37.2 Å². The minimum Gasteiger partial charge on any atom is -0.497 e. The molecule has 30 heavy (non-hydrogen) atoms. The van der Waals surface area contributed by atoms with Crippen molar-refractivity contribution in [2.45, 2.75) is 6.92 Å². The quantitative estimate of drug-likeness (QED) is 0.478. The Morgan fingerprint density at radius 3 is 2.37 bits per heavy atom. The highest BCUT2D eigenvalue weighted by Crippen LogP contribution is 2.34. The maximum atomic E-state index is 12.2. The van der Waals surface area contributed by atoms with E-state index >= 15 is 0 Å². The fraction of sp³-hybridized carbons (Fsp3) is 0.190. The molecule has 3 aromatic rings. The number of rotatable bonds is 8. The number of anilines is 5. The van der Waals surface area contributed by atoms with Gasteiger partial charge in [0.15, 0.2) is 11.6 Å². The molecule has 0 radical (unpaired) electrons. The molecule has 9 heteroatoms. The average molecular weight is 409 g/mol. The van der Waals surface area contributed by atoms with E-state index < -0.39 is 5.97 Å². The fourth-order valence-electron chi connectivity index (χ4n) is 2.74. The van der Waals surface area contributed by atoms with Crippen LogP contribution in [0, 0.1) is 0 Å². The number of benzene rings is 2. The maximum Gasteiger partial charge on any atom is 0.340 e. The summed E-state index contributed by atoms with van der Waals surface area (Å²) in [5.41, 5.74) is 8.07. The van der Waals surface area contributed by atoms with Gasteiger partial charge in [0.25, 0.3) is 0 Å². The standard InChI is InChI=1S/C21H23N5O4/c1-4-30-21(27)14-7-5-6-8-15(14)25-19-18(22)20(24-12-23-19)26-16-11-13(28-2)9-10-17(16)29-3/h5-12H,4,22H2,1-3H3,(H2,23,24,25,26). The largest absolute Gasteiger partial charge is 0.497 e. The molecule has 4 N–H and O–H groups in total. The smallest absolute Gasteiger partial charge is 0.340 e. The molecule has 0 amide bonds. The van der Waals surface area contributed by atoms with Gasteiger partial charge in [-0.05, 0) is 31.2 Å². The highest BCUT2D eigenvalue weighted by atomic mass is 16.5. The summed E-state index contributed by atoms with van der Waals surface area (Å²) >= 11 is 0. The monoisotopic (exact) mass is 409 g/mol. The highest BCUT2D eigenvalue weighted by molar-refractivity contribution is 5.97. The number of esters is 1. The van der Waals surface area contributed by atoms with Crippen LogP contribution in [-0.2, 0) is 4.74 Å². The first kappa shape index (κ1) is 20.7. The summed E-state index contributed by atoms with van der Waals surface area (Å²) in [4.78, 5) is 20.6. The minimum absolute atomic E-state index is 0.265. The van der Waals surface area contributed by atoms with Gasteiger partial charge in [-0.15, -0.1) is 0 Å². The van der Waals surface area contributed by atoms with Crippen molar-refractivity contribution in [1.82, 2.24) is 9.97 Å². The number of carbonyl (C=O) groups excluding carboxylic acids is 1. The molecule has 0 aliphatic rings. The van der Waals surface area contributed by atoms with Gasteiger partial charge in [0.2, 0.25) is 0 Å². The van der Waals surface area contributed by atoms with Crippen LogP contribution in [-0.4, -0.2) is 36.8 Å². The number of para-hydroxylation sites is 1. The lowest BCUT2D eigenvalue weighted by Gasteiger charge is -2.16. The molecule has 156 valence electrons. The molecule has 1 aromatic heterocycles. The van der Waals surface area contributed by atoms with Crippen LogP contribution >= 0.6 is 0 Å². The molecule has 0 aliphatic carbocycles. The second-order valence-electron chi connectivity index (χ2n) is 6.07. The molecule has 0 saturated heterocycles. The third-order valence-corrected chi connectivity index (χ3v) is 4.22. The summed E-state index contributed by atoms with van der Waals surface area (Å²) in [6.07, 6.45) is 1.36. The van der Waals surface area contributed by atoms with Gasteiger partial charge >= 0.3 is 5.97 Å². The fourth-order valence-corrected chi connectivity index (χ4v) is 2.74. The normalized spacial score (nSPS) is 10.2. The van der Waals surface area contributed by atoms with Gasteiger partial charge in [-0.25, -0.2) is 14.8 Å². The molecule has 0 spiro atoms. The van der Waals surface area contributed by atoms with Gasteiger partial charge in [-0.3, -0.25) is 0 Å². The van der Waals surface area contributed by atoms with Gasteiger partial charge in [-0.1, -0.05) is 12.1 Å². The first-order valence-electron chi connectivity index (χ1n) is 9.20. The van der Waals surface area contributed by atoms with Crippen LogP contribution in [0.5, 0.6) is 11.5 Å². The number of nitrogen functional groups attached to an aromatic ring is 1. The van der Waals surface area contributed by atoms with Crippen LogP contribution in [0.25, 0.3) is 0 Å². The molecule has 0 atom stereocenters. The third kappa shape index (κ3) is 4.52. The molecule has 2 aromatic carbocycles. The first-order valence-corrected chi connectivity index (χ1v) is 9.20. The van der Waals surface area contributed by atoms with Crippen LogP contribution in [0.3, 0.4) is 0 Å². The topological polar surface area (TPSA) is 121 Å². The summed E-state index contributed by atoms with van der Waals surface area (Å²) in [5, 5.41) is 6.22. The number of methoxy groups -OCH3 is 2. The van der Waals surface area contributed by atoms with Crippen LogP contribution in [0.2, 0.25) is 0 Å². The number of ether oxygens (including phenoxy) is 3. The summed E-state index contributed by atoms with van der Waals surface area (Å²) in [5.74, 6) is 1.51. The molecule has 0 fully saturated rings. The van der Waals surface area contributed by atoms with E-state index in [9.17, 15) is 4.79 Å². The molecule has 9 nitrogen and oxygen atoms in total. The zero-order valence-electron chi connectivity index (χ0n) is 16.9. The molecule has 3 rings (SSSR count). The zero-order valence-corrected chi connectivity index (χ0v) is 16.9. The maximum absolute atomic E-state index is 12.2. The van der Waals surface area contributed by atoms with Crippen molar-refractivity contribution in [3.8, 4) is 11.5 Å². The molecular formula is C21H23N5O4. The van der Waals surface area contributed by atoms with Gasteiger partial charge in [-0.2, -0.15) is 0 Å². The molecule has 0 bridgehead atoms. The third-order valence-electron chi connectivity index (χ3n) is 4.22.